The Bertz CT molecular complexity index is 550. The number of benzene rings is 1. The van der Waals surface area contributed by atoms with E-state index in [2.05, 4.69) is 17.6 Å². The van der Waals surface area contributed by atoms with Gasteiger partial charge in [0.05, 0.1) is 11.0 Å². The van der Waals surface area contributed by atoms with Crippen molar-refractivity contribution in [3.63, 3.8) is 0 Å². The second-order valence-electron chi connectivity index (χ2n) is 5.22. The predicted molar refractivity (Wildman–Crippen MR) is 81.5 cm³/mol. The van der Waals surface area contributed by atoms with E-state index in [9.17, 15) is 14.9 Å². The second-order valence-corrected chi connectivity index (χ2v) is 5.63. The van der Waals surface area contributed by atoms with Crippen LogP contribution in [0.1, 0.15) is 26.2 Å². The molecule has 0 radical (unpaired) electrons. The number of rotatable bonds is 4. The number of nitro benzene ring substituents is 1. The molecule has 1 aromatic carbocycles. The van der Waals surface area contributed by atoms with Crippen molar-refractivity contribution in [1.82, 2.24) is 5.32 Å². The molecule has 21 heavy (non-hydrogen) atoms. The third kappa shape index (κ3) is 3.92. The van der Waals surface area contributed by atoms with E-state index in [1.54, 1.807) is 6.07 Å². The van der Waals surface area contributed by atoms with Crippen molar-refractivity contribution in [2.75, 3.05) is 11.9 Å². The largest absolute Gasteiger partial charge is 0.324 e. The maximum atomic E-state index is 12.2. The van der Waals surface area contributed by atoms with Crippen LogP contribution in [-0.4, -0.2) is 23.4 Å². The van der Waals surface area contributed by atoms with Crippen LogP contribution in [0.25, 0.3) is 0 Å². The lowest BCUT2D eigenvalue weighted by Gasteiger charge is -2.28. The maximum Gasteiger partial charge on any atom is 0.289 e. The molecule has 1 aliphatic rings. The van der Waals surface area contributed by atoms with Crippen LogP contribution in [-0.2, 0) is 4.79 Å². The summed E-state index contributed by atoms with van der Waals surface area (Å²) in [5, 5.41) is 16.8. The molecule has 2 N–H and O–H groups in total. The number of piperidine rings is 1. The summed E-state index contributed by atoms with van der Waals surface area (Å²) in [5.41, 5.74) is 0.175. The highest BCUT2D eigenvalue weighted by atomic mass is 35.5. The minimum absolute atomic E-state index is 0.0554. The van der Waals surface area contributed by atoms with E-state index >= 15 is 0 Å². The van der Waals surface area contributed by atoms with Crippen molar-refractivity contribution >= 4 is 28.9 Å². The molecule has 2 rings (SSSR count). The summed E-state index contributed by atoms with van der Waals surface area (Å²) in [4.78, 5) is 22.5. The van der Waals surface area contributed by atoms with Crippen molar-refractivity contribution in [1.29, 1.82) is 0 Å². The first-order valence-corrected chi connectivity index (χ1v) is 7.37. The number of carbonyl (C=O) groups is 1. The fourth-order valence-corrected chi connectivity index (χ4v) is 2.71. The zero-order valence-electron chi connectivity index (χ0n) is 11.8. The topological polar surface area (TPSA) is 84.3 Å². The molecule has 1 amide bonds. The van der Waals surface area contributed by atoms with Crippen LogP contribution in [0, 0.1) is 16.0 Å². The zero-order chi connectivity index (χ0) is 15.4. The number of hydrogen-bond donors (Lipinski definition) is 2. The Kier molecular flexibility index (Phi) is 5.14. The minimum Gasteiger partial charge on any atom is -0.324 e. The number of nitrogens with one attached hydrogen (secondary N) is 2. The van der Waals surface area contributed by atoms with Crippen LogP contribution in [0.5, 0.6) is 0 Å². The lowest BCUT2D eigenvalue weighted by atomic mass is 9.90. The van der Waals surface area contributed by atoms with Crippen molar-refractivity contribution in [3.05, 3.63) is 33.3 Å². The minimum atomic E-state index is -0.566. The maximum absolute atomic E-state index is 12.2. The van der Waals surface area contributed by atoms with Crippen LogP contribution in [0.4, 0.5) is 11.4 Å². The zero-order valence-corrected chi connectivity index (χ0v) is 12.5. The first-order chi connectivity index (χ1) is 10.0. The number of amides is 1. The molecule has 0 saturated carbocycles. The monoisotopic (exact) mass is 311 g/mol. The van der Waals surface area contributed by atoms with E-state index in [0.29, 0.717) is 11.6 Å². The van der Waals surface area contributed by atoms with E-state index < -0.39 is 4.92 Å². The Balaban J connectivity index is 2.05. The van der Waals surface area contributed by atoms with Gasteiger partial charge in [-0.05, 0) is 37.4 Å². The number of carbonyl (C=O) groups excluding carboxylic acids is 1. The van der Waals surface area contributed by atoms with Gasteiger partial charge in [0.2, 0.25) is 5.91 Å². The van der Waals surface area contributed by atoms with Crippen LogP contribution in [0.3, 0.4) is 0 Å². The summed E-state index contributed by atoms with van der Waals surface area (Å²) in [6.07, 6.45) is 2.92. The molecule has 6 nitrogen and oxygen atoms in total. The fraction of sp³-hybridized carbons (Fsp3) is 0.500. The van der Waals surface area contributed by atoms with Crippen LogP contribution < -0.4 is 10.6 Å². The smallest absolute Gasteiger partial charge is 0.289 e. The normalized spacial score (nSPS) is 21.8. The van der Waals surface area contributed by atoms with Gasteiger partial charge >= 0.3 is 0 Å². The summed E-state index contributed by atoms with van der Waals surface area (Å²) >= 11 is 5.75. The molecule has 0 aromatic heterocycles. The Morgan fingerprint density at radius 2 is 2.33 bits per heavy atom. The Morgan fingerprint density at radius 3 is 3.00 bits per heavy atom. The first kappa shape index (κ1) is 15.7. The molecule has 0 aliphatic carbocycles. The Hall–Kier alpha value is -1.66. The number of nitro groups is 1. The standard InChI is InChI=1S/C14H18ClN3O3/c1-2-9-5-6-16-12(7-9)14(19)17-10-3-4-11(15)13(8-10)18(20)21/h3-4,8-9,12,16H,2,5-7H2,1H3,(H,17,19). The third-order valence-corrected chi connectivity index (χ3v) is 4.14. The van der Waals surface area contributed by atoms with Gasteiger partial charge in [0.15, 0.2) is 0 Å². The molecule has 0 bridgehead atoms. The summed E-state index contributed by atoms with van der Waals surface area (Å²) in [7, 11) is 0. The molecule has 2 unspecified atom stereocenters. The average Bonchev–Trinajstić information content (AvgIpc) is 2.49. The van der Waals surface area contributed by atoms with Crippen molar-refractivity contribution in [3.8, 4) is 0 Å². The SMILES string of the molecule is CCC1CCNC(C(=O)Nc2ccc(Cl)c([N+](=O)[O-])c2)C1. The highest BCUT2D eigenvalue weighted by molar-refractivity contribution is 6.32. The number of halogens is 1. The molecule has 7 heteroatoms. The summed E-state index contributed by atoms with van der Waals surface area (Å²) < 4.78 is 0. The lowest BCUT2D eigenvalue weighted by molar-refractivity contribution is -0.384. The predicted octanol–water partition coefficient (Wildman–Crippen LogP) is 2.96. The molecule has 1 aliphatic heterocycles. The van der Waals surface area contributed by atoms with Crippen LogP contribution in [0.15, 0.2) is 18.2 Å². The van der Waals surface area contributed by atoms with Gasteiger partial charge in [-0.15, -0.1) is 0 Å². The summed E-state index contributed by atoms with van der Waals surface area (Å²) in [6.45, 7) is 2.94. The van der Waals surface area contributed by atoms with Crippen molar-refractivity contribution in [2.45, 2.75) is 32.2 Å². The van der Waals surface area contributed by atoms with Gasteiger partial charge in [-0.25, -0.2) is 0 Å². The van der Waals surface area contributed by atoms with E-state index in [1.165, 1.54) is 12.1 Å². The van der Waals surface area contributed by atoms with Crippen LogP contribution in [0.2, 0.25) is 5.02 Å². The number of hydrogen-bond acceptors (Lipinski definition) is 4. The summed E-state index contributed by atoms with van der Waals surface area (Å²) in [5.74, 6) is 0.381. The molecule has 1 fully saturated rings. The Morgan fingerprint density at radius 1 is 1.57 bits per heavy atom. The van der Waals surface area contributed by atoms with Crippen molar-refractivity contribution in [2.24, 2.45) is 5.92 Å². The molecular weight excluding hydrogens is 294 g/mol. The molecule has 2 atom stereocenters. The first-order valence-electron chi connectivity index (χ1n) is 6.99. The Labute approximate surface area is 128 Å². The van der Waals surface area contributed by atoms with Gasteiger partial charge in [-0.3, -0.25) is 14.9 Å². The molecule has 114 valence electrons. The van der Waals surface area contributed by atoms with Gasteiger partial charge in [0, 0.05) is 11.8 Å². The van der Waals surface area contributed by atoms with Gasteiger partial charge in [0.25, 0.3) is 5.69 Å². The second kappa shape index (κ2) is 6.87. The van der Waals surface area contributed by atoms with Gasteiger partial charge in [-0.2, -0.15) is 0 Å². The molecule has 1 heterocycles. The lowest BCUT2D eigenvalue weighted by Crippen LogP contribution is -2.46. The van der Waals surface area contributed by atoms with Crippen LogP contribution >= 0.6 is 11.6 Å². The highest BCUT2D eigenvalue weighted by Gasteiger charge is 2.26. The van der Waals surface area contributed by atoms with E-state index in [1.807, 2.05) is 0 Å². The van der Waals surface area contributed by atoms with Gasteiger partial charge in [-0.1, -0.05) is 24.9 Å². The molecule has 0 spiro atoms. The quantitative estimate of drug-likeness (QED) is 0.661. The van der Waals surface area contributed by atoms with Crippen molar-refractivity contribution < 1.29 is 9.72 Å². The number of anilines is 1. The van der Waals surface area contributed by atoms with Gasteiger partial charge in [0.1, 0.15) is 5.02 Å². The van der Waals surface area contributed by atoms with E-state index in [0.717, 1.165) is 25.8 Å². The highest BCUT2D eigenvalue weighted by Crippen LogP contribution is 2.28. The van der Waals surface area contributed by atoms with E-state index in [4.69, 9.17) is 11.6 Å². The average molecular weight is 312 g/mol. The molecule has 1 saturated heterocycles. The van der Waals surface area contributed by atoms with Gasteiger partial charge < -0.3 is 10.6 Å². The number of nitrogens with zero attached hydrogens (tertiary/aromatic N) is 1. The summed E-state index contributed by atoms with van der Waals surface area (Å²) in [6, 6.07) is 4.00. The van der Waals surface area contributed by atoms with E-state index in [-0.39, 0.29) is 22.7 Å². The fourth-order valence-electron chi connectivity index (χ4n) is 2.53. The molecular formula is C14H18ClN3O3. The molecule has 1 aromatic rings. The third-order valence-electron chi connectivity index (χ3n) is 3.82.